The van der Waals surface area contributed by atoms with Crippen LogP contribution in [-0.2, 0) is 4.79 Å². The van der Waals surface area contributed by atoms with Crippen LogP contribution < -0.4 is 9.47 Å². The summed E-state index contributed by atoms with van der Waals surface area (Å²) in [4.78, 5) is 14.1. The zero-order valence-corrected chi connectivity index (χ0v) is 14.8. The summed E-state index contributed by atoms with van der Waals surface area (Å²) < 4.78 is 10.8. The number of methoxy groups -OCH3 is 1. The van der Waals surface area contributed by atoms with Gasteiger partial charge in [0.05, 0.1) is 7.11 Å². The molecular weight excluding hydrogens is 294 g/mol. The summed E-state index contributed by atoms with van der Waals surface area (Å²) in [5, 5.41) is 9.35. The highest BCUT2D eigenvalue weighted by Crippen LogP contribution is 2.39. The summed E-state index contributed by atoms with van der Waals surface area (Å²) in [7, 11) is 1.57. The van der Waals surface area contributed by atoms with Crippen molar-refractivity contribution >= 4 is 5.97 Å². The van der Waals surface area contributed by atoms with Gasteiger partial charge in [0.2, 0.25) is 0 Å². The van der Waals surface area contributed by atoms with Crippen molar-refractivity contribution in [2.24, 2.45) is 0 Å². The van der Waals surface area contributed by atoms with Gasteiger partial charge in [-0.05, 0) is 32.5 Å². The van der Waals surface area contributed by atoms with E-state index in [0.29, 0.717) is 11.5 Å². The molecule has 0 aliphatic rings. The fourth-order valence-corrected chi connectivity index (χ4v) is 2.76. The molecule has 1 rings (SSSR count). The predicted molar refractivity (Wildman–Crippen MR) is 90.9 cm³/mol. The lowest BCUT2D eigenvalue weighted by Gasteiger charge is -2.31. The lowest BCUT2D eigenvalue weighted by atomic mass is 9.99. The largest absolute Gasteiger partial charge is 0.492 e. The maximum absolute atomic E-state index is 11.7. The number of rotatable bonds is 9. The van der Waals surface area contributed by atoms with Gasteiger partial charge in [0.25, 0.3) is 0 Å². The molecule has 5 nitrogen and oxygen atoms in total. The van der Waals surface area contributed by atoms with Crippen LogP contribution >= 0.6 is 0 Å². The summed E-state index contributed by atoms with van der Waals surface area (Å²) in [6.07, 6.45) is 0.867. The first-order valence-corrected chi connectivity index (χ1v) is 8.30. The molecule has 1 N–H and O–H groups in total. The van der Waals surface area contributed by atoms with E-state index in [-0.39, 0.29) is 6.04 Å². The van der Waals surface area contributed by atoms with Gasteiger partial charge in [-0.3, -0.25) is 4.90 Å². The van der Waals surface area contributed by atoms with E-state index >= 15 is 0 Å². The number of nitrogens with zero attached hydrogens (tertiary/aromatic N) is 1. The highest BCUT2D eigenvalue weighted by Gasteiger charge is 2.24. The van der Waals surface area contributed by atoms with Gasteiger partial charge in [-0.2, -0.15) is 0 Å². The molecule has 0 spiro atoms. The maximum Gasteiger partial charge on any atom is 0.340 e. The Hall–Kier alpha value is -1.59. The fraction of sp³-hybridized carbons (Fsp3) is 0.611. The van der Waals surface area contributed by atoms with Crippen molar-refractivity contribution in [3.63, 3.8) is 0 Å². The third kappa shape index (κ3) is 4.94. The van der Waals surface area contributed by atoms with Crippen LogP contribution in [-0.4, -0.2) is 42.3 Å². The summed E-state index contributed by atoms with van der Waals surface area (Å²) in [5.41, 5.74) is 1.01. The van der Waals surface area contributed by atoms with Crippen molar-refractivity contribution in [2.75, 3.05) is 20.2 Å². The van der Waals surface area contributed by atoms with Crippen molar-refractivity contribution in [2.45, 2.75) is 52.7 Å². The highest BCUT2D eigenvalue weighted by molar-refractivity contribution is 5.77. The Morgan fingerprint density at radius 2 is 1.91 bits per heavy atom. The van der Waals surface area contributed by atoms with Crippen molar-refractivity contribution in [1.82, 2.24) is 4.90 Å². The second kappa shape index (κ2) is 9.53. The Morgan fingerprint density at radius 3 is 2.39 bits per heavy atom. The van der Waals surface area contributed by atoms with Crippen molar-refractivity contribution in [3.8, 4) is 11.5 Å². The smallest absolute Gasteiger partial charge is 0.340 e. The topological polar surface area (TPSA) is 59.0 Å². The van der Waals surface area contributed by atoms with Crippen LogP contribution in [0.15, 0.2) is 18.2 Å². The summed E-state index contributed by atoms with van der Waals surface area (Å²) in [6, 6.07) is 5.76. The third-order valence-corrected chi connectivity index (χ3v) is 3.94. The third-order valence-electron chi connectivity index (χ3n) is 3.94. The quantitative estimate of drug-likeness (QED) is 0.559. The molecule has 130 valence electrons. The Bertz CT molecular complexity index is 498. The Morgan fingerprint density at radius 1 is 1.26 bits per heavy atom. The minimum atomic E-state index is -1.17. The fourth-order valence-electron chi connectivity index (χ4n) is 2.76. The summed E-state index contributed by atoms with van der Waals surface area (Å²) in [5.74, 6) is 0.228. The SMILES string of the molecule is CCCC(c1cccc(OC(=O)C(C)O)c1OC)N(CC)CC. The van der Waals surface area contributed by atoms with Crippen LogP contribution in [0.3, 0.4) is 0 Å². The Labute approximate surface area is 139 Å². The van der Waals surface area contributed by atoms with Gasteiger partial charge in [-0.1, -0.05) is 39.3 Å². The number of para-hydroxylation sites is 1. The van der Waals surface area contributed by atoms with E-state index in [0.717, 1.165) is 31.5 Å². The van der Waals surface area contributed by atoms with Crippen LogP contribution in [0.2, 0.25) is 0 Å². The molecule has 0 heterocycles. The van der Waals surface area contributed by atoms with E-state index < -0.39 is 12.1 Å². The molecule has 23 heavy (non-hydrogen) atoms. The molecule has 5 heteroatoms. The first-order chi connectivity index (χ1) is 11.0. The second-order valence-electron chi connectivity index (χ2n) is 5.50. The van der Waals surface area contributed by atoms with Crippen LogP contribution in [0, 0.1) is 0 Å². The summed E-state index contributed by atoms with van der Waals surface area (Å²) >= 11 is 0. The zero-order valence-electron chi connectivity index (χ0n) is 14.8. The van der Waals surface area contributed by atoms with Crippen molar-refractivity contribution < 1.29 is 19.4 Å². The van der Waals surface area contributed by atoms with Crippen LogP contribution in [0.25, 0.3) is 0 Å². The molecule has 1 aromatic rings. The second-order valence-corrected chi connectivity index (χ2v) is 5.50. The van der Waals surface area contributed by atoms with Gasteiger partial charge < -0.3 is 14.6 Å². The van der Waals surface area contributed by atoms with Crippen LogP contribution in [0.5, 0.6) is 11.5 Å². The van der Waals surface area contributed by atoms with Gasteiger partial charge >= 0.3 is 5.97 Å². The van der Waals surface area contributed by atoms with Gasteiger partial charge in [0.1, 0.15) is 6.10 Å². The average molecular weight is 323 g/mol. The molecule has 2 atom stereocenters. The number of benzene rings is 1. The van der Waals surface area contributed by atoms with Crippen molar-refractivity contribution in [3.05, 3.63) is 23.8 Å². The molecular formula is C18H29NO4. The van der Waals surface area contributed by atoms with Crippen LogP contribution in [0.4, 0.5) is 0 Å². The van der Waals surface area contributed by atoms with E-state index in [2.05, 4.69) is 25.7 Å². The monoisotopic (exact) mass is 323 g/mol. The van der Waals surface area contributed by atoms with E-state index in [1.165, 1.54) is 6.92 Å². The zero-order chi connectivity index (χ0) is 17.4. The molecule has 0 aliphatic heterocycles. The molecule has 0 saturated carbocycles. The molecule has 0 saturated heterocycles. The molecule has 0 bridgehead atoms. The standard InChI is InChI=1S/C18H29NO4/c1-6-10-15(19(7-2)8-3)14-11-9-12-16(17(14)22-5)23-18(21)13(4)20/h9,11-13,15,20H,6-8,10H2,1-5H3. The van der Waals surface area contributed by atoms with E-state index in [9.17, 15) is 9.90 Å². The number of ether oxygens (including phenoxy) is 2. The predicted octanol–water partition coefficient (Wildman–Crippen LogP) is 3.16. The maximum atomic E-state index is 11.7. The number of hydrogen-bond donors (Lipinski definition) is 1. The van der Waals surface area contributed by atoms with E-state index in [1.807, 2.05) is 12.1 Å². The first kappa shape index (κ1) is 19.5. The first-order valence-electron chi connectivity index (χ1n) is 8.30. The lowest BCUT2D eigenvalue weighted by molar-refractivity contribution is -0.142. The molecule has 0 aliphatic carbocycles. The van der Waals surface area contributed by atoms with E-state index in [4.69, 9.17) is 9.47 Å². The molecule has 0 fully saturated rings. The number of carbonyl (C=O) groups is 1. The summed E-state index contributed by atoms with van der Waals surface area (Å²) in [6.45, 7) is 9.67. The average Bonchev–Trinajstić information content (AvgIpc) is 2.54. The van der Waals surface area contributed by atoms with Crippen LogP contribution in [0.1, 0.15) is 52.1 Å². The number of esters is 1. The normalized spacial score (nSPS) is 13.7. The Balaban J connectivity index is 3.25. The number of aliphatic hydroxyl groups is 1. The van der Waals surface area contributed by atoms with Gasteiger partial charge in [0.15, 0.2) is 11.5 Å². The molecule has 0 amide bonds. The van der Waals surface area contributed by atoms with Crippen molar-refractivity contribution in [1.29, 1.82) is 0 Å². The molecule has 2 unspecified atom stereocenters. The van der Waals surface area contributed by atoms with Gasteiger partial charge in [-0.15, -0.1) is 0 Å². The van der Waals surface area contributed by atoms with E-state index in [1.54, 1.807) is 13.2 Å². The number of hydrogen-bond acceptors (Lipinski definition) is 5. The lowest BCUT2D eigenvalue weighted by Crippen LogP contribution is -2.29. The minimum Gasteiger partial charge on any atom is -0.492 e. The highest BCUT2D eigenvalue weighted by atomic mass is 16.6. The van der Waals surface area contributed by atoms with Gasteiger partial charge in [-0.25, -0.2) is 4.79 Å². The molecule has 0 radical (unpaired) electrons. The molecule has 0 aromatic heterocycles. The van der Waals surface area contributed by atoms with Gasteiger partial charge in [0, 0.05) is 11.6 Å². The Kier molecular flexibility index (Phi) is 8.06. The number of carbonyl (C=O) groups excluding carboxylic acids is 1. The minimum absolute atomic E-state index is 0.204. The number of aliphatic hydroxyl groups excluding tert-OH is 1. The molecule has 1 aromatic carbocycles.